The van der Waals surface area contributed by atoms with Crippen LogP contribution in [-0.2, 0) is 39.8 Å². The lowest BCUT2D eigenvalue weighted by molar-refractivity contribution is -0.147. The van der Waals surface area contributed by atoms with Gasteiger partial charge in [0.05, 0.1) is 30.0 Å². The Kier molecular flexibility index (Phi) is 11.5. The Morgan fingerprint density at radius 2 is 1.89 bits per heavy atom. The number of carbonyl (C=O) groups excluding carboxylic acids is 3. The fourth-order valence-electron chi connectivity index (χ4n) is 6.58. The van der Waals surface area contributed by atoms with Gasteiger partial charge in [-0.1, -0.05) is 37.6 Å². The molecule has 1 unspecified atom stereocenters. The maximum Gasteiger partial charge on any atom is 0.407 e. The van der Waals surface area contributed by atoms with Crippen molar-refractivity contribution in [3.05, 3.63) is 41.5 Å². The van der Waals surface area contributed by atoms with E-state index in [9.17, 15) is 14.4 Å². The third kappa shape index (κ3) is 8.82. The highest BCUT2D eigenvalue weighted by Crippen LogP contribution is 2.60. The fourth-order valence-corrected chi connectivity index (χ4v) is 6.58. The number of methoxy groups -OCH3 is 1. The van der Waals surface area contributed by atoms with Gasteiger partial charge in [-0.25, -0.2) is 4.79 Å². The van der Waals surface area contributed by atoms with Crippen LogP contribution in [0.3, 0.4) is 0 Å². The molecule has 4 rings (SSSR count). The van der Waals surface area contributed by atoms with Gasteiger partial charge in [0, 0.05) is 44.0 Å². The van der Waals surface area contributed by atoms with Crippen molar-refractivity contribution < 1.29 is 38.1 Å². The molecule has 2 heterocycles. The molecule has 3 fully saturated rings. The number of nitrogens with one attached hydrogen (secondary N) is 2. The molecular weight excluding hydrogens is 564 g/mol. The molecule has 244 valence electrons. The number of amides is 2. The highest BCUT2D eigenvalue weighted by molar-refractivity contribution is 5.90. The van der Waals surface area contributed by atoms with Crippen molar-refractivity contribution in [3.63, 3.8) is 0 Å². The van der Waals surface area contributed by atoms with E-state index < -0.39 is 6.09 Å². The van der Waals surface area contributed by atoms with Crippen LogP contribution in [0.15, 0.2) is 35.9 Å². The Morgan fingerprint density at radius 3 is 2.52 bits per heavy atom. The van der Waals surface area contributed by atoms with Gasteiger partial charge in [0.2, 0.25) is 5.91 Å². The molecule has 1 aromatic carbocycles. The van der Waals surface area contributed by atoms with Crippen molar-refractivity contribution in [2.75, 3.05) is 25.6 Å². The first-order chi connectivity index (χ1) is 21.0. The summed E-state index contributed by atoms with van der Waals surface area (Å²) in [6.07, 6.45) is 5.67. The summed E-state index contributed by atoms with van der Waals surface area (Å²) in [5.41, 5.74) is 2.38. The highest BCUT2D eigenvalue weighted by Gasteiger charge is 2.70. The van der Waals surface area contributed by atoms with E-state index in [0.717, 1.165) is 37.9 Å². The predicted octanol–water partition coefficient (Wildman–Crippen LogP) is 5.69. The lowest BCUT2D eigenvalue weighted by atomic mass is 9.64. The van der Waals surface area contributed by atoms with Gasteiger partial charge in [-0.3, -0.25) is 9.59 Å². The first kappa shape index (κ1) is 33.9. The number of epoxide rings is 2. The summed E-state index contributed by atoms with van der Waals surface area (Å²) in [5, 5.41) is 5.70. The quantitative estimate of drug-likeness (QED) is 0.147. The lowest BCUT2D eigenvalue weighted by Crippen LogP contribution is -2.51. The summed E-state index contributed by atoms with van der Waals surface area (Å²) < 4.78 is 28.6. The van der Waals surface area contributed by atoms with E-state index in [4.69, 9.17) is 23.7 Å². The van der Waals surface area contributed by atoms with Crippen molar-refractivity contribution in [3.8, 4) is 0 Å². The monoisotopic (exact) mass is 614 g/mol. The Balaban J connectivity index is 1.17. The van der Waals surface area contributed by atoms with Crippen LogP contribution >= 0.6 is 0 Å². The first-order valence-electron chi connectivity index (χ1n) is 16.0. The number of alkyl carbamates (subject to hydrolysis) is 1. The van der Waals surface area contributed by atoms with Crippen LogP contribution in [0.25, 0.3) is 0 Å². The summed E-state index contributed by atoms with van der Waals surface area (Å²) >= 11 is 0. The highest BCUT2D eigenvalue weighted by atomic mass is 16.6. The van der Waals surface area contributed by atoms with Crippen LogP contribution in [0.2, 0.25) is 0 Å². The smallest absolute Gasteiger partial charge is 0.407 e. The zero-order chi connectivity index (χ0) is 31.9. The largest absolute Gasteiger partial charge is 0.463 e. The Morgan fingerprint density at radius 1 is 1.16 bits per heavy atom. The van der Waals surface area contributed by atoms with E-state index in [1.807, 2.05) is 19.1 Å². The molecule has 0 radical (unpaired) electrons. The molecule has 2 saturated heterocycles. The minimum absolute atomic E-state index is 0.108. The minimum Gasteiger partial charge on any atom is -0.463 e. The van der Waals surface area contributed by atoms with Crippen molar-refractivity contribution in [2.45, 2.75) is 116 Å². The Hall–Kier alpha value is -2.95. The summed E-state index contributed by atoms with van der Waals surface area (Å²) in [5.74, 6) is -0.237. The molecule has 2 amide bonds. The number of benzene rings is 1. The lowest BCUT2D eigenvalue weighted by Gasteiger charge is -2.42. The number of rotatable bonds is 15. The van der Waals surface area contributed by atoms with Crippen LogP contribution in [0.5, 0.6) is 0 Å². The van der Waals surface area contributed by atoms with Crippen LogP contribution in [-0.4, -0.2) is 67.8 Å². The average molecular weight is 615 g/mol. The molecule has 1 aromatic rings. The third-order valence-electron chi connectivity index (χ3n) is 9.32. The van der Waals surface area contributed by atoms with Gasteiger partial charge in [-0.15, -0.1) is 0 Å². The molecule has 0 bridgehead atoms. The molecule has 7 atom stereocenters. The molecule has 1 spiro atoms. The molecule has 1 saturated carbocycles. The average Bonchev–Trinajstić information content (AvgIpc) is 3.90. The van der Waals surface area contributed by atoms with Gasteiger partial charge >= 0.3 is 12.1 Å². The Labute approximate surface area is 261 Å². The van der Waals surface area contributed by atoms with Gasteiger partial charge in [0.1, 0.15) is 12.7 Å². The maximum atomic E-state index is 12.8. The van der Waals surface area contributed by atoms with Crippen LogP contribution in [0.4, 0.5) is 10.5 Å². The van der Waals surface area contributed by atoms with Crippen LogP contribution in [0.1, 0.15) is 85.1 Å². The number of esters is 1. The Bertz CT molecular complexity index is 1170. The number of hydrogen-bond donors (Lipinski definition) is 2. The summed E-state index contributed by atoms with van der Waals surface area (Å²) in [6, 6.07) is 7.26. The molecule has 10 nitrogen and oxygen atoms in total. The number of hydrogen-bond acceptors (Lipinski definition) is 8. The SMILES string of the molecule is CCC(COC(=O)CCCC(=O)Nc1ccc(CNC(=O)O[C@@H]2CC[C@]3(CO3)[C@@H]([C@@]3(C)O[C@@H]3CC=C(C)C)[C@@H]2C)cc1)OC. The molecule has 44 heavy (non-hydrogen) atoms. The zero-order valence-corrected chi connectivity index (χ0v) is 27.1. The normalized spacial score (nSPS) is 29.3. The molecular formula is C34H50N2O8. The predicted molar refractivity (Wildman–Crippen MR) is 166 cm³/mol. The van der Waals surface area contributed by atoms with Gasteiger partial charge in [0.15, 0.2) is 0 Å². The number of anilines is 1. The molecule has 10 heteroatoms. The third-order valence-corrected chi connectivity index (χ3v) is 9.32. The van der Waals surface area contributed by atoms with E-state index in [0.29, 0.717) is 18.7 Å². The first-order valence-corrected chi connectivity index (χ1v) is 16.0. The number of carbonyl (C=O) groups is 3. The summed E-state index contributed by atoms with van der Waals surface area (Å²) in [6.45, 7) is 11.8. The molecule has 2 aliphatic heterocycles. The fraction of sp³-hybridized carbons (Fsp3) is 0.676. The minimum atomic E-state index is -0.445. The van der Waals surface area contributed by atoms with Crippen molar-refractivity contribution in [2.24, 2.45) is 11.8 Å². The maximum absolute atomic E-state index is 12.8. The topological polar surface area (TPSA) is 128 Å². The second kappa shape index (κ2) is 14.9. The van der Waals surface area contributed by atoms with Crippen LogP contribution in [0, 0.1) is 11.8 Å². The van der Waals surface area contributed by atoms with Gasteiger partial charge < -0.3 is 34.3 Å². The standard InChI is InChI=1S/C34H50N2O8/c1-7-26(40-6)20-41-30(38)10-8-9-29(37)36-25-14-12-24(13-15-25)19-35-32(39)43-27-17-18-34(21-42-34)31(23(27)4)33(5)28(44-33)16-11-22(2)3/h11-15,23,26-28,31H,7-10,16-21H2,1-6H3,(H,35,39)(H,36,37)/t23-,26?,27-,28-,31-,33+,34+/m1/s1. The number of ether oxygens (including phenoxy) is 5. The van der Waals surface area contributed by atoms with E-state index in [-0.39, 0.29) is 72.7 Å². The van der Waals surface area contributed by atoms with Crippen LogP contribution < -0.4 is 10.6 Å². The van der Waals surface area contributed by atoms with Gasteiger partial charge in [0.25, 0.3) is 0 Å². The van der Waals surface area contributed by atoms with Gasteiger partial charge in [-0.05, 0) is 70.6 Å². The molecule has 2 N–H and O–H groups in total. The van der Waals surface area contributed by atoms with E-state index >= 15 is 0 Å². The van der Waals surface area contributed by atoms with E-state index in [1.54, 1.807) is 19.2 Å². The van der Waals surface area contributed by atoms with E-state index in [2.05, 4.69) is 44.4 Å². The second-order valence-corrected chi connectivity index (χ2v) is 12.9. The zero-order valence-electron chi connectivity index (χ0n) is 27.1. The molecule has 1 aliphatic carbocycles. The van der Waals surface area contributed by atoms with Crippen molar-refractivity contribution in [1.82, 2.24) is 5.32 Å². The number of allylic oxidation sites excluding steroid dienone is 1. The summed E-state index contributed by atoms with van der Waals surface area (Å²) in [7, 11) is 1.59. The van der Waals surface area contributed by atoms with Crippen molar-refractivity contribution >= 4 is 23.7 Å². The second-order valence-electron chi connectivity index (χ2n) is 12.9. The molecule has 3 aliphatic rings. The molecule has 0 aromatic heterocycles. The summed E-state index contributed by atoms with van der Waals surface area (Å²) in [4.78, 5) is 37.0. The van der Waals surface area contributed by atoms with Gasteiger partial charge in [-0.2, -0.15) is 0 Å². The van der Waals surface area contributed by atoms with Crippen molar-refractivity contribution in [1.29, 1.82) is 0 Å². The van der Waals surface area contributed by atoms with E-state index in [1.165, 1.54) is 5.57 Å².